The van der Waals surface area contributed by atoms with E-state index in [1.807, 2.05) is 13.8 Å². The average molecular weight is 278 g/mol. The van der Waals surface area contributed by atoms with E-state index in [0.717, 1.165) is 18.5 Å². The van der Waals surface area contributed by atoms with Crippen molar-refractivity contribution in [2.24, 2.45) is 0 Å². The highest BCUT2D eigenvalue weighted by atomic mass is 16.2. The predicted molar refractivity (Wildman–Crippen MR) is 75.4 cm³/mol. The molecule has 2 rings (SSSR count). The Kier molecular flexibility index (Phi) is 4.76. The first kappa shape index (κ1) is 14.6. The van der Waals surface area contributed by atoms with E-state index in [0.29, 0.717) is 12.2 Å². The summed E-state index contributed by atoms with van der Waals surface area (Å²) in [6.45, 7) is 4.42. The zero-order valence-corrected chi connectivity index (χ0v) is 12.1. The lowest BCUT2D eigenvalue weighted by atomic mass is 10.2. The van der Waals surface area contributed by atoms with E-state index >= 15 is 0 Å². The van der Waals surface area contributed by atoms with Gasteiger partial charge in [0.15, 0.2) is 0 Å². The van der Waals surface area contributed by atoms with Gasteiger partial charge >= 0.3 is 0 Å². The second kappa shape index (κ2) is 6.54. The smallest absolute Gasteiger partial charge is 0.269 e. The number of aromatic nitrogens is 2. The van der Waals surface area contributed by atoms with E-state index in [9.17, 15) is 9.59 Å². The van der Waals surface area contributed by atoms with Gasteiger partial charge in [0.2, 0.25) is 5.91 Å². The minimum absolute atomic E-state index is 0.0171. The third-order valence-electron chi connectivity index (χ3n) is 3.56. The summed E-state index contributed by atoms with van der Waals surface area (Å²) in [6.07, 6.45) is 4.43. The lowest BCUT2D eigenvalue weighted by molar-refractivity contribution is -0.120. The third kappa shape index (κ3) is 3.59. The molecule has 0 spiro atoms. The maximum Gasteiger partial charge on any atom is 0.269 e. The van der Waals surface area contributed by atoms with Gasteiger partial charge in [0.1, 0.15) is 5.69 Å². The standard InChI is InChI=1S/C14H22N4O2/c1-3-18-12(8-10(2)17-18)14(20)15-9-13(19)16-11-6-4-5-7-11/h8,11H,3-7,9H2,1-2H3,(H,15,20)(H,16,19). The normalized spacial score (nSPS) is 15.3. The van der Waals surface area contributed by atoms with Crippen LogP contribution in [-0.2, 0) is 11.3 Å². The Morgan fingerprint density at radius 2 is 2.10 bits per heavy atom. The molecule has 1 aliphatic rings. The number of nitrogens with zero attached hydrogens (tertiary/aromatic N) is 2. The minimum atomic E-state index is -0.256. The van der Waals surface area contributed by atoms with Crippen LogP contribution < -0.4 is 10.6 Å². The second-order valence-electron chi connectivity index (χ2n) is 5.22. The van der Waals surface area contributed by atoms with E-state index in [1.165, 1.54) is 12.8 Å². The maximum absolute atomic E-state index is 12.0. The molecule has 6 heteroatoms. The molecule has 20 heavy (non-hydrogen) atoms. The monoisotopic (exact) mass is 278 g/mol. The Morgan fingerprint density at radius 3 is 2.75 bits per heavy atom. The molecule has 1 aromatic rings. The van der Waals surface area contributed by atoms with Crippen molar-refractivity contribution in [2.75, 3.05) is 6.54 Å². The van der Waals surface area contributed by atoms with Crippen LogP contribution in [0.25, 0.3) is 0 Å². The van der Waals surface area contributed by atoms with Crippen molar-refractivity contribution in [3.63, 3.8) is 0 Å². The molecule has 6 nitrogen and oxygen atoms in total. The first-order chi connectivity index (χ1) is 9.60. The van der Waals surface area contributed by atoms with Gasteiger partial charge in [-0.1, -0.05) is 12.8 Å². The molecule has 1 fully saturated rings. The summed E-state index contributed by atoms with van der Waals surface area (Å²) in [6, 6.07) is 2.01. The molecule has 0 saturated heterocycles. The number of hydrogen-bond donors (Lipinski definition) is 2. The van der Waals surface area contributed by atoms with Gasteiger partial charge < -0.3 is 10.6 Å². The van der Waals surface area contributed by atoms with Crippen LogP contribution in [0.3, 0.4) is 0 Å². The molecule has 2 N–H and O–H groups in total. The van der Waals surface area contributed by atoms with Crippen LogP contribution in [0.2, 0.25) is 0 Å². The van der Waals surface area contributed by atoms with Gasteiger partial charge in [-0.15, -0.1) is 0 Å². The van der Waals surface area contributed by atoms with Crippen LogP contribution in [0.1, 0.15) is 48.8 Å². The Balaban J connectivity index is 1.83. The average Bonchev–Trinajstić information content (AvgIpc) is 3.05. The minimum Gasteiger partial charge on any atom is -0.352 e. The molecule has 1 heterocycles. The van der Waals surface area contributed by atoms with E-state index in [-0.39, 0.29) is 24.4 Å². The summed E-state index contributed by atoms with van der Waals surface area (Å²) in [7, 11) is 0. The van der Waals surface area contributed by atoms with Gasteiger partial charge in [0.05, 0.1) is 12.2 Å². The van der Waals surface area contributed by atoms with Crippen molar-refractivity contribution < 1.29 is 9.59 Å². The van der Waals surface area contributed by atoms with Crippen molar-refractivity contribution >= 4 is 11.8 Å². The molecule has 110 valence electrons. The lowest BCUT2D eigenvalue weighted by Gasteiger charge is -2.12. The molecule has 0 unspecified atom stereocenters. The van der Waals surface area contributed by atoms with E-state index in [2.05, 4.69) is 15.7 Å². The van der Waals surface area contributed by atoms with Crippen molar-refractivity contribution in [3.8, 4) is 0 Å². The van der Waals surface area contributed by atoms with Gasteiger partial charge in [-0.25, -0.2) is 0 Å². The van der Waals surface area contributed by atoms with Crippen molar-refractivity contribution in [3.05, 3.63) is 17.5 Å². The van der Waals surface area contributed by atoms with Crippen LogP contribution in [0.15, 0.2) is 6.07 Å². The summed E-state index contributed by atoms with van der Waals surface area (Å²) >= 11 is 0. The quantitative estimate of drug-likeness (QED) is 0.843. The Bertz CT molecular complexity index is 489. The summed E-state index contributed by atoms with van der Waals surface area (Å²) in [4.78, 5) is 23.8. The van der Waals surface area contributed by atoms with Crippen LogP contribution in [0.5, 0.6) is 0 Å². The Morgan fingerprint density at radius 1 is 1.40 bits per heavy atom. The molecule has 1 saturated carbocycles. The molecule has 0 atom stereocenters. The largest absolute Gasteiger partial charge is 0.352 e. The van der Waals surface area contributed by atoms with Crippen molar-refractivity contribution in [1.82, 2.24) is 20.4 Å². The summed E-state index contributed by atoms with van der Waals surface area (Å²) in [5.74, 6) is -0.376. The first-order valence-electron chi connectivity index (χ1n) is 7.22. The SMILES string of the molecule is CCn1nc(C)cc1C(=O)NCC(=O)NC1CCCC1. The van der Waals surface area contributed by atoms with E-state index < -0.39 is 0 Å². The van der Waals surface area contributed by atoms with Gasteiger partial charge in [0.25, 0.3) is 5.91 Å². The van der Waals surface area contributed by atoms with Crippen LogP contribution in [0.4, 0.5) is 0 Å². The maximum atomic E-state index is 12.0. The Hall–Kier alpha value is -1.85. The molecular formula is C14H22N4O2. The topological polar surface area (TPSA) is 76.0 Å². The Labute approximate surface area is 118 Å². The number of nitrogens with one attached hydrogen (secondary N) is 2. The van der Waals surface area contributed by atoms with Gasteiger partial charge in [-0.05, 0) is 32.8 Å². The second-order valence-corrected chi connectivity index (χ2v) is 5.22. The lowest BCUT2D eigenvalue weighted by Crippen LogP contribution is -2.41. The zero-order valence-electron chi connectivity index (χ0n) is 12.1. The molecule has 0 radical (unpaired) electrons. The molecule has 1 aliphatic carbocycles. The van der Waals surface area contributed by atoms with E-state index in [1.54, 1.807) is 10.7 Å². The highest BCUT2D eigenvalue weighted by molar-refractivity contribution is 5.95. The molecule has 2 amide bonds. The number of aryl methyl sites for hydroxylation is 2. The van der Waals surface area contributed by atoms with Gasteiger partial charge in [-0.3, -0.25) is 14.3 Å². The fraction of sp³-hybridized carbons (Fsp3) is 0.643. The van der Waals surface area contributed by atoms with Crippen molar-refractivity contribution in [1.29, 1.82) is 0 Å². The zero-order chi connectivity index (χ0) is 14.5. The molecule has 1 aromatic heterocycles. The van der Waals surface area contributed by atoms with Gasteiger partial charge in [-0.2, -0.15) is 5.10 Å². The first-order valence-corrected chi connectivity index (χ1v) is 7.22. The van der Waals surface area contributed by atoms with Crippen LogP contribution >= 0.6 is 0 Å². The summed E-state index contributed by atoms with van der Waals surface area (Å²) in [5.41, 5.74) is 1.30. The van der Waals surface area contributed by atoms with Crippen LogP contribution in [-0.4, -0.2) is 34.2 Å². The van der Waals surface area contributed by atoms with Crippen molar-refractivity contribution in [2.45, 2.75) is 52.1 Å². The highest BCUT2D eigenvalue weighted by Crippen LogP contribution is 2.17. The summed E-state index contributed by atoms with van der Waals surface area (Å²) in [5, 5.41) is 9.81. The summed E-state index contributed by atoms with van der Waals surface area (Å²) < 4.78 is 1.64. The molecule has 0 aliphatic heterocycles. The number of amides is 2. The number of hydrogen-bond acceptors (Lipinski definition) is 3. The third-order valence-corrected chi connectivity index (χ3v) is 3.56. The highest BCUT2D eigenvalue weighted by Gasteiger charge is 2.18. The fourth-order valence-corrected chi connectivity index (χ4v) is 2.57. The predicted octanol–water partition coefficient (Wildman–Crippen LogP) is 1.00. The molecule has 0 aromatic carbocycles. The molecular weight excluding hydrogens is 256 g/mol. The van der Waals surface area contributed by atoms with Crippen LogP contribution in [0, 0.1) is 6.92 Å². The van der Waals surface area contributed by atoms with Gasteiger partial charge in [0, 0.05) is 12.6 Å². The van der Waals surface area contributed by atoms with E-state index in [4.69, 9.17) is 0 Å². The number of carbonyl (C=O) groups is 2. The molecule has 0 bridgehead atoms. The number of rotatable bonds is 5. The number of carbonyl (C=O) groups excluding carboxylic acids is 2. The fourth-order valence-electron chi connectivity index (χ4n) is 2.57.